The Morgan fingerprint density at radius 2 is 2.08 bits per heavy atom. The number of hydrogen-bond donors (Lipinski definition) is 1. The maximum Gasteiger partial charge on any atom is 0.278 e. The van der Waals surface area contributed by atoms with Gasteiger partial charge in [0.25, 0.3) is 5.91 Å². The number of hydrogen-bond acceptors (Lipinski definition) is 7. The predicted molar refractivity (Wildman–Crippen MR) is 97.5 cm³/mol. The molecule has 26 heavy (non-hydrogen) atoms. The van der Waals surface area contributed by atoms with Crippen molar-refractivity contribution in [3.8, 4) is 5.88 Å². The molecule has 1 aliphatic heterocycles. The molecule has 0 radical (unpaired) electrons. The number of nitrogens with zero attached hydrogens (tertiary/aromatic N) is 4. The highest BCUT2D eigenvalue weighted by atomic mass is 16.5. The molecule has 0 unspecified atom stereocenters. The summed E-state index contributed by atoms with van der Waals surface area (Å²) < 4.78 is 10.8. The van der Waals surface area contributed by atoms with Crippen molar-refractivity contribution >= 4 is 18.1 Å². The number of anilines is 1. The molecular formula is C18H21N5O3. The first-order valence-electron chi connectivity index (χ1n) is 8.39. The lowest BCUT2D eigenvalue weighted by Gasteiger charge is -2.27. The molecule has 0 bridgehead atoms. The number of amides is 1. The number of hydrazone groups is 1. The number of morpholine rings is 1. The molecule has 3 rings (SSSR count). The minimum Gasteiger partial charge on any atom is -0.467 e. The summed E-state index contributed by atoms with van der Waals surface area (Å²) in [6, 6.07) is 11.2. The van der Waals surface area contributed by atoms with Crippen molar-refractivity contribution in [3.05, 3.63) is 47.7 Å². The van der Waals surface area contributed by atoms with Gasteiger partial charge < -0.3 is 14.4 Å². The molecule has 1 fully saturated rings. The van der Waals surface area contributed by atoms with E-state index in [1.54, 1.807) is 12.3 Å². The van der Waals surface area contributed by atoms with Crippen molar-refractivity contribution in [1.82, 2.24) is 15.4 Å². The highest BCUT2D eigenvalue weighted by Gasteiger charge is 2.15. The van der Waals surface area contributed by atoms with Crippen LogP contribution in [-0.4, -0.2) is 55.0 Å². The summed E-state index contributed by atoms with van der Waals surface area (Å²) in [7, 11) is 0. The van der Waals surface area contributed by atoms with Crippen LogP contribution in [0.2, 0.25) is 0 Å². The van der Waals surface area contributed by atoms with E-state index in [4.69, 9.17) is 9.47 Å². The van der Waals surface area contributed by atoms with E-state index in [0.29, 0.717) is 25.0 Å². The van der Waals surface area contributed by atoms with Crippen LogP contribution < -0.4 is 15.1 Å². The molecule has 2 heterocycles. The Labute approximate surface area is 151 Å². The lowest BCUT2D eigenvalue weighted by atomic mass is 10.2. The van der Waals surface area contributed by atoms with Crippen molar-refractivity contribution in [1.29, 1.82) is 0 Å². The van der Waals surface area contributed by atoms with Crippen LogP contribution >= 0.6 is 0 Å². The molecular weight excluding hydrogens is 334 g/mol. The number of nitrogens with one attached hydrogen (secondary N) is 1. The Balaban J connectivity index is 1.53. The van der Waals surface area contributed by atoms with Crippen LogP contribution in [0.3, 0.4) is 0 Å². The first-order valence-corrected chi connectivity index (χ1v) is 8.39. The minimum absolute atomic E-state index is 0.175. The predicted octanol–water partition coefficient (Wildman–Crippen LogP) is 1.15. The third kappa shape index (κ3) is 5.25. The number of benzene rings is 1. The zero-order valence-electron chi connectivity index (χ0n) is 14.6. The Bertz CT molecular complexity index is 761. The zero-order valence-corrected chi connectivity index (χ0v) is 14.6. The lowest BCUT2D eigenvalue weighted by molar-refractivity contribution is -0.123. The first kappa shape index (κ1) is 17.8. The molecule has 0 saturated carbocycles. The molecule has 1 aromatic heterocycles. The Hall–Kier alpha value is -3.00. The molecule has 0 aliphatic carbocycles. The molecule has 1 aliphatic rings. The van der Waals surface area contributed by atoms with Gasteiger partial charge >= 0.3 is 0 Å². The molecule has 2 aromatic rings. The van der Waals surface area contributed by atoms with Crippen molar-refractivity contribution in [2.24, 2.45) is 5.10 Å². The minimum atomic E-state index is -0.360. The molecule has 1 saturated heterocycles. The van der Waals surface area contributed by atoms with Gasteiger partial charge in [-0.3, -0.25) is 4.79 Å². The fourth-order valence-electron chi connectivity index (χ4n) is 2.39. The Morgan fingerprint density at radius 1 is 1.31 bits per heavy atom. The van der Waals surface area contributed by atoms with E-state index in [0.717, 1.165) is 24.3 Å². The fraction of sp³-hybridized carbons (Fsp3) is 0.333. The molecule has 136 valence electrons. The van der Waals surface area contributed by atoms with Crippen molar-refractivity contribution < 1.29 is 14.3 Å². The molecule has 1 amide bonds. The van der Waals surface area contributed by atoms with E-state index in [1.165, 1.54) is 0 Å². The van der Waals surface area contributed by atoms with Gasteiger partial charge in [0, 0.05) is 24.8 Å². The van der Waals surface area contributed by atoms with Crippen molar-refractivity contribution in [3.63, 3.8) is 0 Å². The Morgan fingerprint density at radius 3 is 2.85 bits per heavy atom. The average Bonchev–Trinajstić information content (AvgIpc) is 2.67. The largest absolute Gasteiger partial charge is 0.467 e. The van der Waals surface area contributed by atoms with Gasteiger partial charge in [0.05, 0.1) is 19.4 Å². The van der Waals surface area contributed by atoms with Gasteiger partial charge in [-0.25, -0.2) is 10.4 Å². The van der Waals surface area contributed by atoms with Crippen LogP contribution in [-0.2, 0) is 9.53 Å². The molecule has 1 aromatic carbocycles. The van der Waals surface area contributed by atoms with Crippen LogP contribution in [0.1, 0.15) is 11.3 Å². The van der Waals surface area contributed by atoms with E-state index in [2.05, 4.69) is 20.5 Å². The van der Waals surface area contributed by atoms with Crippen molar-refractivity contribution in [2.45, 2.75) is 6.92 Å². The summed E-state index contributed by atoms with van der Waals surface area (Å²) in [6.07, 6.45) is 1.57. The first-order chi connectivity index (χ1) is 12.7. The van der Waals surface area contributed by atoms with E-state index in [9.17, 15) is 4.79 Å². The third-order valence-corrected chi connectivity index (χ3v) is 3.67. The molecule has 0 atom stereocenters. The number of aryl methyl sites for hydroxylation is 1. The standard InChI is InChI=1S/C18H21N5O3/c1-14-11-17(21-18(20-14)23-7-9-25-10-8-23)26-13-16(24)22-19-12-15-5-3-2-4-6-15/h2-6,11-12H,7-10,13H2,1H3,(H,22,24). The molecule has 8 nitrogen and oxygen atoms in total. The number of ether oxygens (including phenoxy) is 2. The second-order valence-corrected chi connectivity index (χ2v) is 5.74. The summed E-state index contributed by atoms with van der Waals surface area (Å²) in [5.41, 5.74) is 4.10. The van der Waals surface area contributed by atoms with Crippen LogP contribution in [0.4, 0.5) is 5.95 Å². The molecule has 1 N–H and O–H groups in total. The van der Waals surface area contributed by atoms with Crippen molar-refractivity contribution in [2.75, 3.05) is 37.8 Å². The van der Waals surface area contributed by atoms with Gasteiger partial charge in [0.1, 0.15) is 0 Å². The smallest absolute Gasteiger partial charge is 0.278 e. The van der Waals surface area contributed by atoms with E-state index < -0.39 is 0 Å². The zero-order chi connectivity index (χ0) is 18.2. The van der Waals surface area contributed by atoms with Gasteiger partial charge in [-0.2, -0.15) is 10.1 Å². The Kier molecular flexibility index (Phi) is 6.10. The summed E-state index contributed by atoms with van der Waals surface area (Å²) in [5, 5.41) is 3.90. The molecule has 0 spiro atoms. The van der Waals surface area contributed by atoms with E-state index in [1.807, 2.05) is 42.2 Å². The van der Waals surface area contributed by atoms with Crippen LogP contribution in [0.5, 0.6) is 5.88 Å². The van der Waals surface area contributed by atoms with Crippen LogP contribution in [0.15, 0.2) is 41.5 Å². The summed E-state index contributed by atoms with van der Waals surface area (Å²) in [4.78, 5) is 22.7. The topological polar surface area (TPSA) is 88.9 Å². The molecule has 8 heteroatoms. The second-order valence-electron chi connectivity index (χ2n) is 5.74. The number of rotatable bonds is 6. The average molecular weight is 355 g/mol. The van der Waals surface area contributed by atoms with Gasteiger partial charge in [-0.1, -0.05) is 30.3 Å². The van der Waals surface area contributed by atoms with Gasteiger partial charge in [0.2, 0.25) is 11.8 Å². The van der Waals surface area contributed by atoms with Crippen LogP contribution in [0, 0.1) is 6.92 Å². The van der Waals surface area contributed by atoms with Crippen LogP contribution in [0.25, 0.3) is 0 Å². The van der Waals surface area contributed by atoms with Gasteiger partial charge in [0.15, 0.2) is 6.61 Å². The van der Waals surface area contributed by atoms with E-state index >= 15 is 0 Å². The number of aromatic nitrogens is 2. The second kappa shape index (κ2) is 8.91. The highest BCUT2D eigenvalue weighted by molar-refractivity contribution is 5.82. The summed E-state index contributed by atoms with van der Waals surface area (Å²) in [6.45, 7) is 4.45. The van der Waals surface area contributed by atoms with E-state index in [-0.39, 0.29) is 12.5 Å². The summed E-state index contributed by atoms with van der Waals surface area (Å²) >= 11 is 0. The SMILES string of the molecule is Cc1cc(OCC(=O)NN=Cc2ccccc2)nc(N2CCOCC2)n1. The normalized spacial score (nSPS) is 14.4. The highest BCUT2D eigenvalue weighted by Crippen LogP contribution is 2.16. The quantitative estimate of drug-likeness (QED) is 0.618. The lowest BCUT2D eigenvalue weighted by Crippen LogP contribution is -2.37. The summed E-state index contributed by atoms with van der Waals surface area (Å²) in [5.74, 6) is 0.591. The monoisotopic (exact) mass is 355 g/mol. The number of carbonyl (C=O) groups excluding carboxylic acids is 1. The third-order valence-electron chi connectivity index (χ3n) is 3.67. The maximum absolute atomic E-state index is 11.9. The van der Waals surface area contributed by atoms with Gasteiger partial charge in [-0.05, 0) is 12.5 Å². The number of carbonyl (C=O) groups is 1. The van der Waals surface area contributed by atoms with Gasteiger partial charge in [-0.15, -0.1) is 0 Å². The fourth-order valence-corrected chi connectivity index (χ4v) is 2.39. The maximum atomic E-state index is 11.9.